The van der Waals surface area contributed by atoms with Crippen molar-refractivity contribution in [1.29, 1.82) is 0 Å². The number of rotatable bonds is 3. The molecular formula is C18H12F3N3O2S. The minimum absolute atomic E-state index is 0.410. The first-order valence-electron chi connectivity index (χ1n) is 7.83. The first-order valence-corrected chi connectivity index (χ1v) is 9.06. The topological polar surface area (TPSA) is 47.9 Å². The van der Waals surface area contributed by atoms with Gasteiger partial charge in [0.25, 0.3) is 0 Å². The maximum absolute atomic E-state index is 12.8. The molecule has 0 N–H and O–H groups in total. The Morgan fingerprint density at radius 1 is 0.852 bits per heavy atom. The van der Waals surface area contributed by atoms with Crippen LogP contribution in [0.1, 0.15) is 5.56 Å². The van der Waals surface area contributed by atoms with E-state index < -0.39 is 23.1 Å². The van der Waals surface area contributed by atoms with E-state index in [1.807, 2.05) is 0 Å². The van der Waals surface area contributed by atoms with Gasteiger partial charge in [0.1, 0.15) is 10.7 Å². The zero-order valence-electron chi connectivity index (χ0n) is 13.9. The van der Waals surface area contributed by atoms with Crippen molar-refractivity contribution in [2.75, 3.05) is 6.26 Å². The second kappa shape index (κ2) is 6.05. The summed E-state index contributed by atoms with van der Waals surface area (Å²) in [5.41, 5.74) is -0.602. The fourth-order valence-electron chi connectivity index (χ4n) is 3.01. The molecule has 27 heavy (non-hydrogen) atoms. The molecule has 0 fully saturated rings. The third kappa shape index (κ3) is 2.57. The van der Waals surface area contributed by atoms with Crippen LogP contribution in [0.2, 0.25) is 0 Å². The van der Waals surface area contributed by atoms with Gasteiger partial charge >= 0.3 is 17.6 Å². The number of benzene rings is 2. The van der Waals surface area contributed by atoms with E-state index in [4.69, 9.17) is 0 Å². The highest BCUT2D eigenvalue weighted by Gasteiger charge is 2.31. The van der Waals surface area contributed by atoms with Gasteiger partial charge in [0.05, 0.1) is 11.3 Å². The van der Waals surface area contributed by atoms with Crippen LogP contribution in [0, 0.1) is 0 Å². The van der Waals surface area contributed by atoms with Gasteiger partial charge in [-0.2, -0.15) is 22.2 Å². The van der Waals surface area contributed by atoms with Crippen molar-refractivity contribution in [2.24, 2.45) is 0 Å². The number of fused-ring (bicyclic) bond motifs is 1. The monoisotopic (exact) mass is 391 g/mol. The van der Waals surface area contributed by atoms with Crippen molar-refractivity contribution in [1.82, 2.24) is 13.6 Å². The highest BCUT2D eigenvalue weighted by atomic mass is 32.2. The molecule has 0 aliphatic rings. The number of aromatic nitrogens is 3. The third-order valence-corrected chi connectivity index (χ3v) is 5.00. The smallest absolute Gasteiger partial charge is 0.245 e. The van der Waals surface area contributed by atoms with Crippen molar-refractivity contribution in [3.63, 3.8) is 0 Å². The number of halogens is 3. The summed E-state index contributed by atoms with van der Waals surface area (Å²) >= 11 is 1.25. The molecule has 0 aliphatic heterocycles. The molecule has 0 radical (unpaired) electrons. The summed E-state index contributed by atoms with van der Waals surface area (Å²) in [6.45, 7) is 0. The maximum atomic E-state index is 12.8. The Kier molecular flexibility index (Phi) is 3.92. The van der Waals surface area contributed by atoms with Crippen LogP contribution in [0.4, 0.5) is 13.2 Å². The third-order valence-electron chi connectivity index (χ3n) is 4.25. The number of para-hydroxylation sites is 1. The highest BCUT2D eigenvalue weighted by molar-refractivity contribution is 7.98. The minimum Gasteiger partial charge on any atom is -0.245 e. The Morgan fingerprint density at radius 2 is 1.44 bits per heavy atom. The lowest BCUT2D eigenvalue weighted by atomic mass is 10.1. The van der Waals surface area contributed by atoms with Crippen LogP contribution in [0.5, 0.6) is 0 Å². The molecule has 0 amide bonds. The average molecular weight is 391 g/mol. The Hall–Kier alpha value is -2.94. The molecule has 4 rings (SSSR count). The highest BCUT2D eigenvalue weighted by Crippen LogP contribution is 2.34. The fourth-order valence-corrected chi connectivity index (χ4v) is 3.74. The fraction of sp³-hybridized carbons (Fsp3) is 0.111. The van der Waals surface area contributed by atoms with Crippen LogP contribution >= 0.6 is 11.8 Å². The van der Waals surface area contributed by atoms with E-state index in [2.05, 4.69) is 0 Å². The molecule has 0 bridgehead atoms. The van der Waals surface area contributed by atoms with Crippen LogP contribution in [-0.4, -0.2) is 19.9 Å². The molecule has 0 spiro atoms. The summed E-state index contributed by atoms with van der Waals surface area (Å²) < 4.78 is 41.8. The summed E-state index contributed by atoms with van der Waals surface area (Å²) in [6.07, 6.45) is -2.70. The Bertz CT molecular complexity index is 1220. The van der Waals surface area contributed by atoms with Gasteiger partial charge in [-0.05, 0) is 30.5 Å². The Morgan fingerprint density at radius 3 is 2.00 bits per heavy atom. The molecule has 0 aliphatic carbocycles. The van der Waals surface area contributed by atoms with E-state index in [-0.39, 0.29) is 0 Å². The zero-order chi connectivity index (χ0) is 19.3. The summed E-state index contributed by atoms with van der Waals surface area (Å²) in [5.74, 6) is 0. The van der Waals surface area contributed by atoms with E-state index in [1.165, 1.54) is 32.9 Å². The summed E-state index contributed by atoms with van der Waals surface area (Å²) in [7, 11) is 0. The summed E-state index contributed by atoms with van der Waals surface area (Å²) in [5, 5.41) is 0.506. The predicted octanol–water partition coefficient (Wildman–Crippen LogP) is 3.40. The molecule has 0 saturated heterocycles. The second-order valence-electron chi connectivity index (χ2n) is 5.79. The molecule has 2 aromatic carbocycles. The van der Waals surface area contributed by atoms with E-state index >= 15 is 0 Å². The van der Waals surface area contributed by atoms with Crippen molar-refractivity contribution in [3.05, 3.63) is 81.1 Å². The Balaban J connectivity index is 1.93. The van der Waals surface area contributed by atoms with Crippen molar-refractivity contribution in [3.8, 4) is 16.9 Å². The van der Waals surface area contributed by atoms with Crippen molar-refractivity contribution >= 4 is 11.8 Å². The number of alkyl halides is 3. The number of hydrogen-bond acceptors (Lipinski definition) is 3. The van der Waals surface area contributed by atoms with Gasteiger partial charge in [0, 0.05) is 5.56 Å². The van der Waals surface area contributed by atoms with E-state index in [0.29, 0.717) is 22.0 Å². The van der Waals surface area contributed by atoms with E-state index in [9.17, 15) is 22.8 Å². The van der Waals surface area contributed by atoms with Gasteiger partial charge in [0.2, 0.25) is 0 Å². The lowest BCUT2D eigenvalue weighted by Gasteiger charge is -2.17. The maximum Gasteiger partial charge on any atom is 0.416 e. The molecular weight excluding hydrogens is 379 g/mol. The molecule has 0 saturated carbocycles. The standard InChI is InChI=1S/C18H12F3N3O2S/c1-27-15-14(11-7-9-12(10-8-11)18(19,20)21)23-16(25)22(17(26)24(15)23)13-5-3-2-4-6-13/h2-10H,1H3. The lowest BCUT2D eigenvalue weighted by Crippen LogP contribution is -2.25. The summed E-state index contributed by atoms with van der Waals surface area (Å²) in [4.78, 5) is 25.5. The Labute approximate surface area is 154 Å². The normalized spacial score (nSPS) is 12.1. The quantitative estimate of drug-likeness (QED) is 0.503. The average Bonchev–Trinajstić information content (AvgIpc) is 2.82. The SMILES string of the molecule is CSc1c(-c2ccc(C(F)(F)F)cc2)n2c(=O)n(-c3ccccc3)c(=O)n12. The van der Waals surface area contributed by atoms with Crippen molar-refractivity contribution < 1.29 is 13.2 Å². The lowest BCUT2D eigenvalue weighted by molar-refractivity contribution is -0.137. The van der Waals surface area contributed by atoms with Crippen molar-refractivity contribution in [2.45, 2.75) is 11.2 Å². The van der Waals surface area contributed by atoms with Crippen LogP contribution in [0.3, 0.4) is 0 Å². The van der Waals surface area contributed by atoms with Gasteiger partial charge in [0.15, 0.2) is 0 Å². The van der Waals surface area contributed by atoms with Gasteiger partial charge < -0.3 is 0 Å². The molecule has 5 nitrogen and oxygen atoms in total. The van der Waals surface area contributed by atoms with Crippen LogP contribution in [0.25, 0.3) is 16.9 Å². The molecule has 138 valence electrons. The van der Waals surface area contributed by atoms with Gasteiger partial charge in [-0.1, -0.05) is 30.3 Å². The molecule has 2 heterocycles. The largest absolute Gasteiger partial charge is 0.416 e. The molecule has 4 aromatic rings. The van der Waals surface area contributed by atoms with Gasteiger partial charge in [-0.3, -0.25) is 0 Å². The molecule has 0 unspecified atom stereocenters. The van der Waals surface area contributed by atoms with Crippen LogP contribution < -0.4 is 11.4 Å². The zero-order valence-corrected chi connectivity index (χ0v) is 14.7. The van der Waals surface area contributed by atoms with Crippen LogP contribution in [0.15, 0.2) is 69.2 Å². The minimum atomic E-state index is -4.44. The molecule has 0 atom stereocenters. The van der Waals surface area contributed by atoms with E-state index in [0.717, 1.165) is 16.7 Å². The van der Waals surface area contributed by atoms with E-state index in [1.54, 1.807) is 36.6 Å². The first-order chi connectivity index (χ1) is 12.8. The first kappa shape index (κ1) is 17.5. The number of thioether (sulfide) groups is 1. The van der Waals surface area contributed by atoms with Gasteiger partial charge in [-0.15, -0.1) is 11.8 Å². The summed E-state index contributed by atoms with van der Waals surface area (Å²) in [6, 6.07) is 13.0. The van der Waals surface area contributed by atoms with Gasteiger partial charge in [-0.25, -0.2) is 14.2 Å². The second-order valence-corrected chi connectivity index (χ2v) is 6.59. The molecule has 2 aromatic heterocycles. The van der Waals surface area contributed by atoms with Crippen LogP contribution in [-0.2, 0) is 6.18 Å². The number of hydrogen-bond donors (Lipinski definition) is 0. The number of nitrogens with zero attached hydrogens (tertiary/aromatic N) is 3. The predicted molar refractivity (Wildman–Crippen MR) is 96.1 cm³/mol. The molecule has 9 heteroatoms.